The van der Waals surface area contributed by atoms with Crippen molar-refractivity contribution in [3.63, 3.8) is 0 Å². The number of guanidine groups is 1. The number of aromatic nitrogens is 1. The number of nitrogens with one attached hydrogen (secondary N) is 2. The molecular formula is C22H30N4O2S. The van der Waals surface area contributed by atoms with E-state index in [2.05, 4.69) is 50.9 Å². The van der Waals surface area contributed by atoms with Crippen molar-refractivity contribution in [2.24, 2.45) is 10.4 Å². The standard InChI is InChI=1S/C22H30N4O2S/c1-5-28-20(27)18-15(2)25-19(29-18)16(3)26-21(23-4)24-14-22(11-12-22)13-17-9-7-6-8-10-17/h6-10,16H,5,11-14H2,1-4H3,(H2,23,24,26). The number of aliphatic imine (C=N–C) groups is 1. The lowest BCUT2D eigenvalue weighted by molar-refractivity contribution is 0.0531. The molecule has 1 saturated carbocycles. The van der Waals surface area contributed by atoms with Crippen molar-refractivity contribution < 1.29 is 9.53 Å². The third-order valence-electron chi connectivity index (χ3n) is 5.23. The van der Waals surface area contributed by atoms with Crippen LogP contribution < -0.4 is 10.6 Å². The second kappa shape index (κ2) is 9.39. The SMILES string of the molecule is CCOC(=O)c1sc(C(C)NC(=NC)NCC2(Cc3ccccc3)CC2)nc1C. The number of carbonyl (C=O) groups is 1. The number of benzene rings is 1. The zero-order valence-electron chi connectivity index (χ0n) is 17.6. The summed E-state index contributed by atoms with van der Waals surface area (Å²) >= 11 is 1.37. The molecule has 156 valence electrons. The number of hydrogen-bond donors (Lipinski definition) is 2. The largest absolute Gasteiger partial charge is 0.462 e. The van der Waals surface area contributed by atoms with Crippen molar-refractivity contribution in [2.45, 2.75) is 46.1 Å². The molecule has 2 N–H and O–H groups in total. The smallest absolute Gasteiger partial charge is 0.350 e. The van der Waals surface area contributed by atoms with Gasteiger partial charge in [0, 0.05) is 13.6 Å². The fourth-order valence-electron chi connectivity index (χ4n) is 3.34. The molecule has 0 saturated heterocycles. The van der Waals surface area contributed by atoms with Gasteiger partial charge in [-0.3, -0.25) is 4.99 Å². The van der Waals surface area contributed by atoms with Gasteiger partial charge in [-0.05, 0) is 51.0 Å². The van der Waals surface area contributed by atoms with Crippen LogP contribution in [-0.2, 0) is 11.2 Å². The molecule has 1 aromatic carbocycles. The van der Waals surface area contributed by atoms with Crippen LogP contribution in [0.15, 0.2) is 35.3 Å². The quantitative estimate of drug-likeness (QED) is 0.390. The van der Waals surface area contributed by atoms with Crippen molar-refractivity contribution in [3.8, 4) is 0 Å². The molecule has 29 heavy (non-hydrogen) atoms. The molecule has 0 spiro atoms. The van der Waals surface area contributed by atoms with Crippen LogP contribution in [0.5, 0.6) is 0 Å². The summed E-state index contributed by atoms with van der Waals surface area (Å²) < 4.78 is 5.11. The average Bonchev–Trinajstić information content (AvgIpc) is 3.36. The second-order valence-electron chi connectivity index (χ2n) is 7.64. The van der Waals surface area contributed by atoms with Gasteiger partial charge in [-0.15, -0.1) is 11.3 Å². The highest BCUT2D eigenvalue weighted by atomic mass is 32.1. The van der Waals surface area contributed by atoms with Gasteiger partial charge in [0.2, 0.25) is 0 Å². The van der Waals surface area contributed by atoms with Crippen LogP contribution in [0.2, 0.25) is 0 Å². The van der Waals surface area contributed by atoms with Crippen LogP contribution in [-0.4, -0.2) is 37.1 Å². The highest BCUT2D eigenvalue weighted by molar-refractivity contribution is 7.13. The van der Waals surface area contributed by atoms with Crippen molar-refractivity contribution in [1.82, 2.24) is 15.6 Å². The summed E-state index contributed by atoms with van der Waals surface area (Å²) in [5.41, 5.74) is 2.41. The van der Waals surface area contributed by atoms with E-state index in [1.807, 2.05) is 13.8 Å². The van der Waals surface area contributed by atoms with Gasteiger partial charge in [-0.25, -0.2) is 9.78 Å². The van der Waals surface area contributed by atoms with Gasteiger partial charge in [0.25, 0.3) is 0 Å². The molecule has 6 nitrogen and oxygen atoms in total. The molecule has 0 radical (unpaired) electrons. The lowest BCUT2D eigenvalue weighted by Gasteiger charge is -2.20. The van der Waals surface area contributed by atoms with E-state index in [0.717, 1.165) is 23.9 Å². The van der Waals surface area contributed by atoms with Gasteiger partial charge in [0.15, 0.2) is 5.96 Å². The monoisotopic (exact) mass is 414 g/mol. The van der Waals surface area contributed by atoms with E-state index in [1.54, 1.807) is 14.0 Å². The molecule has 1 aliphatic rings. The Bertz CT molecular complexity index is 859. The highest BCUT2D eigenvalue weighted by Crippen LogP contribution is 2.47. The molecule has 3 rings (SSSR count). The third-order valence-corrected chi connectivity index (χ3v) is 6.55. The third kappa shape index (κ3) is 5.56. The van der Waals surface area contributed by atoms with E-state index in [-0.39, 0.29) is 12.0 Å². The average molecular weight is 415 g/mol. The van der Waals surface area contributed by atoms with Crippen LogP contribution in [0, 0.1) is 12.3 Å². The Kier molecular flexibility index (Phi) is 6.90. The van der Waals surface area contributed by atoms with Crippen molar-refractivity contribution in [2.75, 3.05) is 20.2 Å². The Morgan fingerprint density at radius 2 is 2.07 bits per heavy atom. The summed E-state index contributed by atoms with van der Waals surface area (Å²) in [5.74, 6) is 0.447. The molecule has 1 aliphatic carbocycles. The molecule has 1 fully saturated rings. The maximum Gasteiger partial charge on any atom is 0.350 e. The number of hydrogen-bond acceptors (Lipinski definition) is 5. The first kappa shape index (κ1) is 21.3. The Labute approximate surface area is 176 Å². The molecule has 0 amide bonds. The van der Waals surface area contributed by atoms with Gasteiger partial charge < -0.3 is 15.4 Å². The Hall–Kier alpha value is -2.41. The van der Waals surface area contributed by atoms with E-state index >= 15 is 0 Å². The summed E-state index contributed by atoms with van der Waals surface area (Å²) in [6, 6.07) is 10.6. The van der Waals surface area contributed by atoms with Crippen molar-refractivity contribution in [1.29, 1.82) is 0 Å². The van der Waals surface area contributed by atoms with Gasteiger partial charge in [0.05, 0.1) is 18.3 Å². The number of aryl methyl sites for hydroxylation is 1. The van der Waals surface area contributed by atoms with Crippen LogP contribution in [0.1, 0.15) is 58.7 Å². The summed E-state index contributed by atoms with van der Waals surface area (Å²) in [7, 11) is 1.77. The van der Waals surface area contributed by atoms with E-state index in [0.29, 0.717) is 22.6 Å². The normalized spacial score (nSPS) is 16.2. The van der Waals surface area contributed by atoms with Gasteiger partial charge in [-0.2, -0.15) is 0 Å². The number of esters is 1. The zero-order chi connectivity index (χ0) is 20.9. The minimum atomic E-state index is -0.306. The summed E-state index contributed by atoms with van der Waals surface area (Å²) in [6.45, 7) is 6.92. The van der Waals surface area contributed by atoms with E-state index in [1.165, 1.54) is 29.7 Å². The van der Waals surface area contributed by atoms with Crippen molar-refractivity contribution >= 4 is 23.3 Å². The number of rotatable bonds is 8. The number of thiazole rings is 1. The van der Waals surface area contributed by atoms with Crippen LogP contribution in [0.25, 0.3) is 0 Å². The van der Waals surface area contributed by atoms with Crippen molar-refractivity contribution in [3.05, 3.63) is 51.5 Å². The maximum atomic E-state index is 12.0. The Morgan fingerprint density at radius 3 is 2.69 bits per heavy atom. The van der Waals surface area contributed by atoms with Gasteiger partial charge >= 0.3 is 5.97 Å². The topological polar surface area (TPSA) is 75.6 Å². The molecule has 2 aromatic rings. The van der Waals surface area contributed by atoms with Gasteiger partial charge in [0.1, 0.15) is 9.88 Å². The first-order chi connectivity index (χ1) is 14.0. The Morgan fingerprint density at radius 1 is 1.34 bits per heavy atom. The van der Waals surface area contributed by atoms with Crippen LogP contribution in [0.3, 0.4) is 0 Å². The number of carbonyl (C=O) groups excluding carboxylic acids is 1. The predicted molar refractivity (Wildman–Crippen MR) is 118 cm³/mol. The molecular weight excluding hydrogens is 384 g/mol. The second-order valence-corrected chi connectivity index (χ2v) is 8.67. The van der Waals surface area contributed by atoms with E-state index in [9.17, 15) is 4.79 Å². The predicted octanol–water partition coefficient (Wildman–Crippen LogP) is 3.88. The number of ether oxygens (including phenoxy) is 1. The molecule has 1 atom stereocenters. The van der Waals surface area contributed by atoms with Crippen LogP contribution >= 0.6 is 11.3 Å². The first-order valence-electron chi connectivity index (χ1n) is 10.1. The first-order valence-corrected chi connectivity index (χ1v) is 10.9. The van der Waals surface area contributed by atoms with Gasteiger partial charge in [-0.1, -0.05) is 30.3 Å². The molecule has 1 aromatic heterocycles. The summed E-state index contributed by atoms with van der Waals surface area (Å²) in [4.78, 5) is 21.5. The lowest BCUT2D eigenvalue weighted by atomic mass is 9.96. The number of nitrogens with zero attached hydrogens (tertiary/aromatic N) is 2. The molecule has 1 heterocycles. The van der Waals surface area contributed by atoms with E-state index < -0.39 is 0 Å². The molecule has 7 heteroatoms. The fourth-order valence-corrected chi connectivity index (χ4v) is 4.31. The molecule has 0 bridgehead atoms. The zero-order valence-corrected chi connectivity index (χ0v) is 18.4. The molecule has 1 unspecified atom stereocenters. The fraction of sp³-hybridized carbons (Fsp3) is 0.500. The lowest BCUT2D eigenvalue weighted by Crippen LogP contribution is -2.41. The van der Waals surface area contributed by atoms with Crippen LogP contribution in [0.4, 0.5) is 0 Å². The minimum absolute atomic E-state index is 0.0580. The summed E-state index contributed by atoms with van der Waals surface area (Å²) in [6.07, 6.45) is 3.55. The summed E-state index contributed by atoms with van der Waals surface area (Å²) in [5, 5.41) is 7.72. The maximum absolute atomic E-state index is 12.0. The molecule has 0 aliphatic heterocycles. The Balaban J connectivity index is 1.56. The minimum Gasteiger partial charge on any atom is -0.462 e. The highest BCUT2D eigenvalue weighted by Gasteiger charge is 2.42. The van der Waals surface area contributed by atoms with E-state index in [4.69, 9.17) is 4.74 Å².